The lowest BCUT2D eigenvalue weighted by Crippen LogP contribution is -2.96. The van der Waals surface area contributed by atoms with E-state index in [0.717, 1.165) is 0 Å². The summed E-state index contributed by atoms with van der Waals surface area (Å²) in [4.78, 5) is -6.21. The molecular weight excluding hydrogens is 739 g/mol. The molecule has 0 aromatic carbocycles. The van der Waals surface area contributed by atoms with Crippen molar-refractivity contribution in [2.75, 3.05) is 0 Å². The van der Waals surface area contributed by atoms with E-state index in [2.05, 4.69) is 0 Å². The SMILES string of the molecule is OC1(Cl)C(Cl)(Cl)C(Cl)(Cl)C(Cl)(Cl)C2(Cl)C(Cl)(Cl)C(Cl)(Cl)C(Cl)(Cl)C(Cl)(Cl)C12Cl. The van der Waals surface area contributed by atoms with E-state index in [4.69, 9.17) is 197 Å². The van der Waals surface area contributed by atoms with Gasteiger partial charge in [-0.3, -0.25) is 0 Å². The highest BCUT2D eigenvalue weighted by Crippen LogP contribution is 2.86. The molecule has 0 aliphatic heterocycles. The minimum absolute atomic E-state index is 2.82. The Morgan fingerprint density at radius 2 is 0.500 bits per heavy atom. The van der Waals surface area contributed by atoms with E-state index in [1.807, 2.05) is 0 Å². The Kier molecular flexibility index (Phi) is 7.52. The summed E-state index contributed by atoms with van der Waals surface area (Å²) in [5.74, 6) is 0. The lowest BCUT2D eigenvalue weighted by Gasteiger charge is -2.75. The van der Waals surface area contributed by atoms with E-state index >= 15 is 0 Å². The van der Waals surface area contributed by atoms with Crippen LogP contribution in [0.2, 0.25) is 0 Å². The third-order valence-electron chi connectivity index (χ3n) is 4.62. The topological polar surface area (TPSA) is 20.2 Å². The number of fused-ring (bicyclic) bond motifs is 1. The summed E-state index contributed by atoms with van der Waals surface area (Å²) in [6.45, 7) is 0. The van der Waals surface area contributed by atoms with Crippen LogP contribution in [0.5, 0.6) is 0 Å². The van der Waals surface area contributed by atoms with E-state index in [-0.39, 0.29) is 0 Å². The van der Waals surface area contributed by atoms with Crippen LogP contribution in [0.3, 0.4) is 0 Å². The number of rotatable bonds is 0. The van der Waals surface area contributed by atoms with Crippen molar-refractivity contribution in [2.24, 2.45) is 0 Å². The molecule has 2 fully saturated rings. The van der Waals surface area contributed by atoms with Gasteiger partial charge in [-0.25, -0.2) is 0 Å². The summed E-state index contributed by atoms with van der Waals surface area (Å²) >= 11 is 107. The van der Waals surface area contributed by atoms with E-state index in [0.29, 0.717) is 0 Å². The third kappa shape index (κ3) is 2.56. The molecule has 2 saturated carbocycles. The molecule has 3 atom stereocenters. The summed E-state index contributed by atoms with van der Waals surface area (Å²) in [5, 5.41) is 7.82. The largest absolute Gasteiger partial charge is 0.370 e. The summed E-state index contributed by atoms with van der Waals surface area (Å²) < 4.78 is -20.4. The average Bonchev–Trinajstić information content (AvgIpc) is 2.49. The summed E-state index contributed by atoms with van der Waals surface area (Å²) in [6.07, 6.45) is 0. The zero-order valence-corrected chi connectivity index (χ0v) is 24.7. The molecule has 28 heavy (non-hydrogen) atoms. The Labute approximate surface area is 244 Å². The smallest absolute Gasteiger partial charge is 0.199 e. The number of halogens is 17. The average molecular weight is 740 g/mol. The fourth-order valence-corrected chi connectivity index (χ4v) is 11.0. The molecule has 0 saturated heterocycles. The first kappa shape index (κ1) is 29.1. The molecule has 0 aromatic heterocycles. The second-order valence-electron chi connectivity index (χ2n) is 5.96. The molecule has 0 spiro atoms. The van der Waals surface area contributed by atoms with Gasteiger partial charge in [-0.1, -0.05) is 174 Å². The molecule has 2 aliphatic rings. The first-order chi connectivity index (χ1) is 11.8. The van der Waals surface area contributed by atoms with Crippen LogP contribution < -0.4 is 0 Å². The van der Waals surface area contributed by atoms with Gasteiger partial charge >= 0.3 is 0 Å². The molecule has 166 valence electrons. The van der Waals surface area contributed by atoms with Gasteiger partial charge in [-0.15, -0.1) is 23.2 Å². The van der Waals surface area contributed by atoms with Crippen molar-refractivity contribution >= 4 is 197 Å². The van der Waals surface area contributed by atoms with E-state index in [9.17, 15) is 5.11 Å². The van der Waals surface area contributed by atoms with Gasteiger partial charge in [0, 0.05) is 0 Å². The van der Waals surface area contributed by atoms with Gasteiger partial charge in [-0.05, 0) is 0 Å². The van der Waals surface area contributed by atoms with Gasteiger partial charge in [0.1, 0.15) is 4.87 Å². The fourth-order valence-electron chi connectivity index (χ4n) is 2.95. The van der Waals surface area contributed by atoms with Gasteiger partial charge in [0.15, 0.2) is 40.3 Å². The Morgan fingerprint density at radius 1 is 0.286 bits per heavy atom. The van der Waals surface area contributed by atoms with Crippen molar-refractivity contribution in [2.45, 2.75) is 45.1 Å². The van der Waals surface area contributed by atoms with Gasteiger partial charge in [0.25, 0.3) is 0 Å². The van der Waals surface area contributed by atoms with Gasteiger partial charge < -0.3 is 5.11 Å². The van der Waals surface area contributed by atoms with Crippen molar-refractivity contribution in [1.29, 1.82) is 0 Å². The zero-order valence-electron chi connectivity index (χ0n) is 11.9. The standard InChI is InChI=1S/C10HCl17O/c11-1-2(12,5(17,18)7(21,22)6(19,20)3(1,13)14)10(27,28)9(25,26)8(23,24)4(1,15)16/h28H. The van der Waals surface area contributed by atoms with Crippen molar-refractivity contribution in [1.82, 2.24) is 0 Å². The van der Waals surface area contributed by atoms with Crippen molar-refractivity contribution in [3.63, 3.8) is 0 Å². The van der Waals surface area contributed by atoms with E-state index in [1.54, 1.807) is 0 Å². The minimum Gasteiger partial charge on any atom is -0.370 e. The Balaban J connectivity index is 3.23. The molecule has 18 heteroatoms. The number of hydrogen-bond acceptors (Lipinski definition) is 1. The molecule has 1 N–H and O–H groups in total. The molecular formula is C10HCl17O. The van der Waals surface area contributed by atoms with Crippen LogP contribution in [0.1, 0.15) is 0 Å². The van der Waals surface area contributed by atoms with Crippen molar-refractivity contribution in [3.8, 4) is 0 Å². The minimum atomic E-state index is -3.35. The molecule has 0 radical (unpaired) electrons. The maximum absolute atomic E-state index is 11.2. The molecule has 3 unspecified atom stereocenters. The fraction of sp³-hybridized carbons (Fsp3) is 1.00. The molecule has 0 amide bonds. The highest BCUT2D eigenvalue weighted by atomic mass is 35.6. The molecule has 1 nitrogen and oxygen atoms in total. The maximum atomic E-state index is 11.2. The predicted octanol–water partition coefficient (Wildman–Crippen LogP) is 9.11. The second kappa shape index (κ2) is 7.23. The van der Waals surface area contributed by atoms with E-state index in [1.165, 1.54) is 0 Å². The maximum Gasteiger partial charge on any atom is 0.199 e. The molecule has 0 bridgehead atoms. The van der Waals surface area contributed by atoms with Crippen LogP contribution in [0.25, 0.3) is 0 Å². The van der Waals surface area contributed by atoms with Crippen LogP contribution >= 0.6 is 197 Å². The van der Waals surface area contributed by atoms with Gasteiger partial charge in [0.2, 0.25) is 0 Å². The van der Waals surface area contributed by atoms with Crippen molar-refractivity contribution < 1.29 is 5.11 Å². The summed E-state index contributed by atoms with van der Waals surface area (Å²) in [6, 6.07) is 0. The normalized spacial score (nSPS) is 46.5. The zero-order chi connectivity index (χ0) is 23.0. The number of hydrogen-bond donors (Lipinski definition) is 1. The van der Waals surface area contributed by atoms with Gasteiger partial charge in [-0.2, -0.15) is 0 Å². The number of alkyl halides is 17. The lowest BCUT2D eigenvalue weighted by atomic mass is 9.64. The predicted molar refractivity (Wildman–Crippen MR) is 129 cm³/mol. The molecule has 0 heterocycles. The molecule has 2 aliphatic carbocycles. The summed E-state index contributed by atoms with van der Waals surface area (Å²) in [7, 11) is 0. The van der Waals surface area contributed by atoms with Crippen LogP contribution in [-0.2, 0) is 0 Å². The third-order valence-corrected chi connectivity index (χ3v) is 17.7. The van der Waals surface area contributed by atoms with Crippen LogP contribution in [-0.4, -0.2) is 50.2 Å². The second-order valence-corrected chi connectivity index (χ2v) is 16.9. The Bertz CT molecular complexity index is 593. The first-order valence-electron chi connectivity index (χ1n) is 6.19. The highest BCUT2D eigenvalue weighted by molar-refractivity contribution is 6.82. The van der Waals surface area contributed by atoms with Crippen LogP contribution in [0.4, 0.5) is 0 Å². The Hall–Kier alpha value is 4.89. The van der Waals surface area contributed by atoms with Crippen LogP contribution in [0.15, 0.2) is 0 Å². The lowest BCUT2D eigenvalue weighted by molar-refractivity contribution is -0.0213. The summed E-state index contributed by atoms with van der Waals surface area (Å²) in [5.41, 5.74) is 0. The van der Waals surface area contributed by atoms with Gasteiger partial charge in [0.05, 0.1) is 0 Å². The van der Waals surface area contributed by atoms with Crippen LogP contribution in [0, 0.1) is 0 Å². The first-order valence-corrected chi connectivity index (χ1v) is 12.6. The number of aliphatic hydroxyl groups is 1. The highest BCUT2D eigenvalue weighted by Gasteiger charge is 3.01. The monoisotopic (exact) mass is 731 g/mol. The molecule has 2 rings (SSSR count). The quantitative estimate of drug-likeness (QED) is 0.246. The van der Waals surface area contributed by atoms with E-state index < -0.39 is 45.1 Å². The van der Waals surface area contributed by atoms with Crippen molar-refractivity contribution in [3.05, 3.63) is 0 Å². The molecule has 0 aromatic rings. The Morgan fingerprint density at radius 3 is 0.786 bits per heavy atom.